The van der Waals surface area contributed by atoms with Crippen molar-refractivity contribution in [3.63, 3.8) is 0 Å². The number of ether oxygens (including phenoxy) is 1. The number of nitrogens with one attached hydrogen (secondary N) is 2. The number of alkyl carbamates (subject to hydrolysis) is 1. The molecule has 0 aromatic heterocycles. The Labute approximate surface area is 195 Å². The SMILES string of the molecule is Cc1cccc(C)c1NC(=O)CN1CCN(C(NC(=O)OCc2ccccc2)C(C)O)CC1. The summed E-state index contributed by atoms with van der Waals surface area (Å²) in [7, 11) is 0. The zero-order chi connectivity index (χ0) is 23.8. The van der Waals surface area contributed by atoms with Gasteiger partial charge in [0.05, 0.1) is 12.6 Å². The van der Waals surface area contributed by atoms with Crippen molar-refractivity contribution < 1.29 is 19.4 Å². The number of amides is 2. The lowest BCUT2D eigenvalue weighted by Gasteiger charge is -2.40. The molecule has 1 aliphatic rings. The van der Waals surface area contributed by atoms with E-state index in [4.69, 9.17) is 4.74 Å². The molecule has 2 unspecified atom stereocenters. The Hall–Kier alpha value is -2.94. The Balaban J connectivity index is 1.46. The Kier molecular flexibility index (Phi) is 8.82. The van der Waals surface area contributed by atoms with Gasteiger partial charge in [0.15, 0.2) is 0 Å². The first-order valence-corrected chi connectivity index (χ1v) is 11.3. The van der Waals surface area contributed by atoms with Gasteiger partial charge in [-0.3, -0.25) is 14.6 Å². The fourth-order valence-corrected chi connectivity index (χ4v) is 4.00. The van der Waals surface area contributed by atoms with Crippen LogP contribution in [0.5, 0.6) is 0 Å². The first kappa shape index (κ1) is 24.7. The maximum Gasteiger partial charge on any atom is 0.408 e. The maximum atomic E-state index is 12.6. The number of para-hydroxylation sites is 1. The maximum absolute atomic E-state index is 12.6. The fourth-order valence-electron chi connectivity index (χ4n) is 4.00. The van der Waals surface area contributed by atoms with Crippen molar-refractivity contribution in [1.82, 2.24) is 15.1 Å². The predicted molar refractivity (Wildman–Crippen MR) is 128 cm³/mol. The lowest BCUT2D eigenvalue weighted by atomic mass is 10.1. The summed E-state index contributed by atoms with van der Waals surface area (Å²) in [6.45, 7) is 8.62. The number of anilines is 1. The molecule has 33 heavy (non-hydrogen) atoms. The van der Waals surface area contributed by atoms with Gasteiger partial charge >= 0.3 is 6.09 Å². The summed E-state index contributed by atoms with van der Waals surface area (Å²) in [5.74, 6) is -0.0458. The molecule has 3 N–H and O–H groups in total. The number of aliphatic hydroxyl groups is 1. The summed E-state index contributed by atoms with van der Waals surface area (Å²) < 4.78 is 5.30. The van der Waals surface area contributed by atoms with Crippen LogP contribution in [0.1, 0.15) is 23.6 Å². The van der Waals surface area contributed by atoms with Crippen molar-refractivity contribution in [2.45, 2.75) is 39.6 Å². The summed E-state index contributed by atoms with van der Waals surface area (Å²) in [4.78, 5) is 28.9. The van der Waals surface area contributed by atoms with Crippen molar-refractivity contribution in [2.24, 2.45) is 0 Å². The molecule has 2 amide bonds. The van der Waals surface area contributed by atoms with E-state index in [1.54, 1.807) is 6.92 Å². The number of aryl methyl sites for hydroxylation is 2. The smallest absolute Gasteiger partial charge is 0.408 e. The van der Waals surface area contributed by atoms with Gasteiger partial charge in [0.2, 0.25) is 5.91 Å². The molecule has 8 nitrogen and oxygen atoms in total. The molecular formula is C25H34N4O4. The molecule has 1 aliphatic heterocycles. The van der Waals surface area contributed by atoms with Crippen molar-refractivity contribution >= 4 is 17.7 Å². The summed E-state index contributed by atoms with van der Waals surface area (Å²) in [5, 5.41) is 16.0. The number of hydrogen-bond acceptors (Lipinski definition) is 6. The van der Waals surface area contributed by atoms with Crippen LogP contribution in [0, 0.1) is 13.8 Å². The van der Waals surface area contributed by atoms with Gasteiger partial charge < -0.3 is 20.5 Å². The Bertz CT molecular complexity index is 907. The molecule has 2 atom stereocenters. The third-order valence-corrected chi connectivity index (χ3v) is 5.85. The van der Waals surface area contributed by atoms with E-state index < -0.39 is 18.4 Å². The van der Waals surface area contributed by atoms with Crippen LogP contribution in [0.25, 0.3) is 0 Å². The van der Waals surface area contributed by atoms with Gasteiger partial charge in [-0.2, -0.15) is 0 Å². The van der Waals surface area contributed by atoms with Crippen molar-refractivity contribution in [2.75, 3.05) is 38.0 Å². The van der Waals surface area contributed by atoms with Crippen molar-refractivity contribution in [3.05, 3.63) is 65.2 Å². The Morgan fingerprint density at radius 1 is 1.00 bits per heavy atom. The second kappa shape index (κ2) is 11.8. The van der Waals surface area contributed by atoms with E-state index in [1.807, 2.05) is 67.3 Å². The molecule has 8 heteroatoms. The van der Waals surface area contributed by atoms with E-state index in [2.05, 4.69) is 15.5 Å². The number of carbonyl (C=O) groups is 2. The first-order valence-electron chi connectivity index (χ1n) is 11.3. The second-order valence-corrected chi connectivity index (χ2v) is 8.52. The van der Waals surface area contributed by atoms with E-state index in [0.29, 0.717) is 32.7 Å². The molecule has 1 saturated heterocycles. The molecule has 1 fully saturated rings. The third kappa shape index (κ3) is 7.28. The van der Waals surface area contributed by atoms with Crippen LogP contribution in [0.15, 0.2) is 48.5 Å². The average Bonchev–Trinajstić information content (AvgIpc) is 2.80. The summed E-state index contributed by atoms with van der Waals surface area (Å²) >= 11 is 0. The molecule has 0 radical (unpaired) electrons. The largest absolute Gasteiger partial charge is 0.445 e. The molecule has 1 heterocycles. The van der Waals surface area contributed by atoms with Crippen LogP contribution < -0.4 is 10.6 Å². The highest BCUT2D eigenvalue weighted by atomic mass is 16.5. The van der Waals surface area contributed by atoms with Crippen LogP contribution in [-0.2, 0) is 16.1 Å². The molecular weight excluding hydrogens is 420 g/mol. The van der Waals surface area contributed by atoms with E-state index in [0.717, 1.165) is 22.4 Å². The van der Waals surface area contributed by atoms with Crippen molar-refractivity contribution in [1.29, 1.82) is 0 Å². The highest BCUT2D eigenvalue weighted by molar-refractivity contribution is 5.93. The van der Waals surface area contributed by atoms with E-state index >= 15 is 0 Å². The molecule has 0 saturated carbocycles. The number of hydrogen-bond donors (Lipinski definition) is 3. The Morgan fingerprint density at radius 3 is 2.24 bits per heavy atom. The second-order valence-electron chi connectivity index (χ2n) is 8.52. The van der Waals surface area contributed by atoms with Gasteiger partial charge in [-0.1, -0.05) is 48.5 Å². The molecule has 2 aromatic rings. The lowest BCUT2D eigenvalue weighted by molar-refractivity contribution is -0.118. The molecule has 0 aliphatic carbocycles. The molecule has 178 valence electrons. The zero-order valence-corrected chi connectivity index (χ0v) is 19.6. The van der Waals surface area contributed by atoms with Gasteiger partial charge in [0.25, 0.3) is 0 Å². The average molecular weight is 455 g/mol. The van der Waals surface area contributed by atoms with Crippen LogP contribution >= 0.6 is 0 Å². The van der Waals surface area contributed by atoms with Gasteiger partial charge in [0, 0.05) is 31.9 Å². The lowest BCUT2D eigenvalue weighted by Crippen LogP contribution is -2.60. The number of aliphatic hydroxyl groups excluding tert-OH is 1. The number of rotatable bonds is 8. The highest BCUT2D eigenvalue weighted by Crippen LogP contribution is 2.19. The van der Waals surface area contributed by atoms with E-state index in [1.165, 1.54) is 0 Å². The number of nitrogens with zero attached hydrogens (tertiary/aromatic N) is 2. The van der Waals surface area contributed by atoms with Crippen LogP contribution in [0.3, 0.4) is 0 Å². The minimum Gasteiger partial charge on any atom is -0.445 e. The predicted octanol–water partition coefficient (Wildman–Crippen LogP) is 2.49. The van der Waals surface area contributed by atoms with Crippen LogP contribution in [0.4, 0.5) is 10.5 Å². The van der Waals surface area contributed by atoms with Crippen LogP contribution in [0.2, 0.25) is 0 Å². The zero-order valence-electron chi connectivity index (χ0n) is 19.6. The number of carbonyl (C=O) groups excluding carboxylic acids is 2. The Morgan fingerprint density at radius 2 is 1.64 bits per heavy atom. The summed E-state index contributed by atoms with van der Waals surface area (Å²) in [6, 6.07) is 15.4. The number of piperazine rings is 1. The third-order valence-electron chi connectivity index (χ3n) is 5.85. The molecule has 0 bridgehead atoms. The van der Waals surface area contributed by atoms with Crippen LogP contribution in [-0.4, -0.2) is 71.9 Å². The number of benzene rings is 2. The monoisotopic (exact) mass is 454 g/mol. The molecule has 3 rings (SSSR count). The fraction of sp³-hybridized carbons (Fsp3) is 0.440. The molecule has 0 spiro atoms. The molecule has 2 aromatic carbocycles. The topological polar surface area (TPSA) is 94.1 Å². The minimum absolute atomic E-state index is 0.0458. The van der Waals surface area contributed by atoms with Crippen molar-refractivity contribution in [3.8, 4) is 0 Å². The van der Waals surface area contributed by atoms with Gasteiger partial charge in [-0.25, -0.2) is 4.79 Å². The first-order chi connectivity index (χ1) is 15.8. The van der Waals surface area contributed by atoms with Gasteiger partial charge in [0.1, 0.15) is 12.8 Å². The highest BCUT2D eigenvalue weighted by Gasteiger charge is 2.29. The summed E-state index contributed by atoms with van der Waals surface area (Å²) in [5.41, 5.74) is 3.85. The van der Waals surface area contributed by atoms with Gasteiger partial charge in [-0.15, -0.1) is 0 Å². The minimum atomic E-state index is -0.770. The normalized spacial score (nSPS) is 16.6. The standard InChI is InChI=1S/C25H34N4O4/c1-18-8-7-9-19(2)23(18)26-22(31)16-28-12-14-29(15-13-28)24(20(3)30)27-25(32)33-17-21-10-5-4-6-11-21/h4-11,20,24,30H,12-17H2,1-3H3,(H,26,31)(H,27,32). The van der Waals surface area contributed by atoms with Gasteiger partial charge in [-0.05, 0) is 37.5 Å². The summed E-state index contributed by atoms with van der Waals surface area (Å²) in [6.07, 6.45) is -1.90. The van der Waals surface area contributed by atoms with E-state index in [9.17, 15) is 14.7 Å². The quantitative estimate of drug-likeness (QED) is 0.568. The van der Waals surface area contributed by atoms with E-state index in [-0.39, 0.29) is 12.5 Å².